The van der Waals surface area contributed by atoms with Crippen molar-refractivity contribution in [3.63, 3.8) is 0 Å². The van der Waals surface area contributed by atoms with E-state index in [1.165, 1.54) is 18.4 Å². The van der Waals surface area contributed by atoms with Gasteiger partial charge in [-0.25, -0.2) is 0 Å². The Morgan fingerprint density at radius 3 is 2.67 bits per heavy atom. The van der Waals surface area contributed by atoms with Crippen LogP contribution in [0, 0.1) is 0 Å². The van der Waals surface area contributed by atoms with E-state index in [4.69, 9.17) is 4.74 Å². The van der Waals surface area contributed by atoms with Crippen LogP contribution in [-0.2, 0) is 17.5 Å². The van der Waals surface area contributed by atoms with Crippen molar-refractivity contribution in [3.05, 3.63) is 41.2 Å². The maximum absolute atomic E-state index is 12.4. The molecule has 1 aromatic carbocycles. The fourth-order valence-corrected chi connectivity index (χ4v) is 1.57. The van der Waals surface area contributed by atoms with Crippen LogP contribution in [0.1, 0.15) is 23.6 Å². The minimum absolute atomic E-state index is 0.338. The van der Waals surface area contributed by atoms with Crippen molar-refractivity contribution in [2.75, 3.05) is 0 Å². The predicted molar refractivity (Wildman–Crippen MR) is 49.9 cm³/mol. The minimum Gasteiger partial charge on any atom is -0.496 e. The molecule has 0 N–H and O–H groups in total. The number of allylic oxidation sites excluding steroid dienone is 1. The molecule has 0 saturated carbocycles. The Kier molecular flexibility index (Phi) is 2.21. The topological polar surface area (TPSA) is 9.23 Å². The van der Waals surface area contributed by atoms with Gasteiger partial charge >= 0.3 is 6.18 Å². The lowest BCUT2D eigenvalue weighted by molar-refractivity contribution is -0.137. The highest BCUT2D eigenvalue weighted by molar-refractivity contribution is 5.67. The molecule has 4 heteroatoms. The Labute approximate surface area is 85.2 Å². The van der Waals surface area contributed by atoms with Gasteiger partial charge in [0.15, 0.2) is 0 Å². The third kappa shape index (κ3) is 1.84. The van der Waals surface area contributed by atoms with Crippen LogP contribution in [0.5, 0.6) is 0 Å². The van der Waals surface area contributed by atoms with Gasteiger partial charge in [-0.15, -0.1) is 0 Å². The fraction of sp³-hybridized carbons (Fsp3) is 0.273. The van der Waals surface area contributed by atoms with E-state index in [9.17, 15) is 13.2 Å². The first-order valence-electron chi connectivity index (χ1n) is 4.47. The lowest BCUT2D eigenvalue weighted by atomic mass is 9.98. The molecule has 80 valence electrons. The molecule has 0 atom stereocenters. The van der Waals surface area contributed by atoms with Crippen molar-refractivity contribution in [2.45, 2.75) is 19.7 Å². The fourth-order valence-electron chi connectivity index (χ4n) is 1.57. The Balaban J connectivity index is 2.51. The molecule has 0 amide bonds. The molecule has 0 saturated heterocycles. The standard InChI is InChI=1S/C11H9F3O/c1-7-5-15-6-8-2-3-9(4-10(7)8)11(12,13)14/h2-5H,6H2,1H3. The molecule has 0 aromatic heterocycles. The average Bonchev–Trinajstić information content (AvgIpc) is 2.16. The number of benzene rings is 1. The molecule has 0 bridgehead atoms. The molecule has 1 heterocycles. The molecule has 0 fully saturated rings. The van der Waals surface area contributed by atoms with Gasteiger partial charge in [0.25, 0.3) is 0 Å². The molecule has 0 radical (unpaired) electrons. The highest BCUT2D eigenvalue weighted by Crippen LogP contribution is 2.33. The zero-order chi connectivity index (χ0) is 11.1. The SMILES string of the molecule is CC1=COCc2ccc(C(F)(F)F)cc21. The summed E-state index contributed by atoms with van der Waals surface area (Å²) in [7, 11) is 0. The van der Waals surface area contributed by atoms with Gasteiger partial charge in [0.1, 0.15) is 6.61 Å². The Hall–Kier alpha value is -1.45. The second-order valence-electron chi connectivity index (χ2n) is 3.48. The minimum atomic E-state index is -4.28. The van der Waals surface area contributed by atoms with Crippen molar-refractivity contribution in [1.82, 2.24) is 0 Å². The molecule has 2 rings (SSSR count). The molecule has 0 spiro atoms. The Bertz CT molecular complexity index is 418. The summed E-state index contributed by atoms with van der Waals surface area (Å²) < 4.78 is 42.4. The molecule has 1 nitrogen and oxygen atoms in total. The van der Waals surface area contributed by atoms with Crippen LogP contribution in [-0.4, -0.2) is 0 Å². The first-order chi connectivity index (χ1) is 6.98. The number of hydrogen-bond acceptors (Lipinski definition) is 1. The van der Waals surface area contributed by atoms with Crippen LogP contribution >= 0.6 is 0 Å². The summed E-state index contributed by atoms with van der Waals surface area (Å²) in [6, 6.07) is 3.72. The summed E-state index contributed by atoms with van der Waals surface area (Å²) in [5.41, 5.74) is 1.53. The Morgan fingerprint density at radius 1 is 1.27 bits per heavy atom. The van der Waals surface area contributed by atoms with Gasteiger partial charge in [0, 0.05) is 0 Å². The first kappa shape index (κ1) is 10.1. The highest BCUT2D eigenvalue weighted by atomic mass is 19.4. The van der Waals surface area contributed by atoms with E-state index < -0.39 is 11.7 Å². The molecule has 0 aliphatic carbocycles. The van der Waals surface area contributed by atoms with Gasteiger partial charge < -0.3 is 4.74 Å². The largest absolute Gasteiger partial charge is 0.496 e. The van der Waals surface area contributed by atoms with Gasteiger partial charge in [0.05, 0.1) is 11.8 Å². The van der Waals surface area contributed by atoms with Crippen molar-refractivity contribution >= 4 is 5.57 Å². The normalized spacial score (nSPS) is 15.3. The van der Waals surface area contributed by atoms with E-state index in [1.54, 1.807) is 6.92 Å². The summed E-state index contributed by atoms with van der Waals surface area (Å²) in [4.78, 5) is 0. The first-order valence-corrected chi connectivity index (χ1v) is 4.47. The number of hydrogen-bond donors (Lipinski definition) is 0. The van der Waals surface area contributed by atoms with Crippen molar-refractivity contribution in [1.29, 1.82) is 0 Å². The summed E-state index contributed by atoms with van der Waals surface area (Å²) in [6.07, 6.45) is -2.80. The molecular weight excluding hydrogens is 205 g/mol. The lowest BCUT2D eigenvalue weighted by Gasteiger charge is -2.17. The average molecular weight is 214 g/mol. The summed E-state index contributed by atoms with van der Waals surface area (Å²) in [5.74, 6) is 0. The predicted octanol–water partition coefficient (Wildman–Crippen LogP) is 3.60. The van der Waals surface area contributed by atoms with E-state index in [-0.39, 0.29) is 0 Å². The molecule has 15 heavy (non-hydrogen) atoms. The number of halogens is 3. The van der Waals surface area contributed by atoms with Crippen LogP contribution in [0.25, 0.3) is 5.57 Å². The maximum atomic E-state index is 12.4. The quantitative estimate of drug-likeness (QED) is 0.641. The summed E-state index contributed by atoms with van der Waals surface area (Å²) in [5, 5.41) is 0. The van der Waals surface area contributed by atoms with E-state index >= 15 is 0 Å². The van der Waals surface area contributed by atoms with Crippen LogP contribution in [0.4, 0.5) is 13.2 Å². The molecule has 0 unspecified atom stereocenters. The van der Waals surface area contributed by atoms with Gasteiger partial charge in [0.2, 0.25) is 0 Å². The zero-order valence-corrected chi connectivity index (χ0v) is 8.06. The van der Waals surface area contributed by atoms with Gasteiger partial charge in [-0.3, -0.25) is 0 Å². The third-order valence-corrected chi connectivity index (χ3v) is 2.36. The zero-order valence-electron chi connectivity index (χ0n) is 8.06. The van der Waals surface area contributed by atoms with Gasteiger partial charge in [-0.1, -0.05) is 6.07 Å². The van der Waals surface area contributed by atoms with Gasteiger partial charge in [-0.2, -0.15) is 13.2 Å². The van der Waals surface area contributed by atoms with Crippen molar-refractivity contribution < 1.29 is 17.9 Å². The number of fused-ring (bicyclic) bond motifs is 1. The molecular formula is C11H9F3O. The van der Waals surface area contributed by atoms with E-state index in [0.29, 0.717) is 12.2 Å². The van der Waals surface area contributed by atoms with E-state index in [2.05, 4.69) is 0 Å². The van der Waals surface area contributed by atoms with Crippen molar-refractivity contribution in [3.8, 4) is 0 Å². The monoisotopic (exact) mass is 214 g/mol. The number of rotatable bonds is 0. The third-order valence-electron chi connectivity index (χ3n) is 2.36. The number of alkyl halides is 3. The van der Waals surface area contributed by atoms with Gasteiger partial charge in [-0.05, 0) is 35.8 Å². The highest BCUT2D eigenvalue weighted by Gasteiger charge is 2.31. The smallest absolute Gasteiger partial charge is 0.416 e. The molecule has 1 aliphatic rings. The second-order valence-corrected chi connectivity index (χ2v) is 3.48. The van der Waals surface area contributed by atoms with Crippen LogP contribution in [0.3, 0.4) is 0 Å². The van der Waals surface area contributed by atoms with Crippen molar-refractivity contribution in [2.24, 2.45) is 0 Å². The molecule has 1 aromatic rings. The molecule has 1 aliphatic heterocycles. The van der Waals surface area contributed by atoms with E-state index in [0.717, 1.165) is 17.2 Å². The lowest BCUT2D eigenvalue weighted by Crippen LogP contribution is -2.08. The van der Waals surface area contributed by atoms with Crippen LogP contribution in [0.15, 0.2) is 24.5 Å². The maximum Gasteiger partial charge on any atom is 0.416 e. The number of ether oxygens (including phenoxy) is 1. The summed E-state index contributed by atoms with van der Waals surface area (Å²) >= 11 is 0. The van der Waals surface area contributed by atoms with Crippen LogP contribution in [0.2, 0.25) is 0 Å². The summed E-state index contributed by atoms with van der Waals surface area (Å²) in [6.45, 7) is 2.07. The second kappa shape index (κ2) is 3.29. The van der Waals surface area contributed by atoms with Crippen LogP contribution < -0.4 is 0 Å². The van der Waals surface area contributed by atoms with E-state index in [1.807, 2.05) is 0 Å². The Morgan fingerprint density at radius 2 is 2.00 bits per heavy atom.